The van der Waals surface area contributed by atoms with Crippen molar-refractivity contribution in [3.63, 3.8) is 0 Å². The summed E-state index contributed by atoms with van der Waals surface area (Å²) in [6, 6.07) is 0. The minimum Gasteiger partial charge on any atom is -0.338 e. The van der Waals surface area contributed by atoms with E-state index in [1.807, 2.05) is 5.43 Å². The molecule has 0 saturated carbocycles. The van der Waals surface area contributed by atoms with Gasteiger partial charge in [0.1, 0.15) is 0 Å². The van der Waals surface area contributed by atoms with Crippen molar-refractivity contribution in [1.29, 1.82) is 0 Å². The van der Waals surface area contributed by atoms with Gasteiger partial charge in [-0.3, -0.25) is 15.0 Å². The monoisotopic (exact) mass is 183 g/mol. The maximum Gasteiger partial charge on any atom is 0.239 e. The van der Waals surface area contributed by atoms with Crippen LogP contribution in [-0.2, 0) is 9.59 Å². The molecule has 1 aliphatic rings. The third-order valence-electron chi connectivity index (χ3n) is 2.08. The number of nitrogens with zero attached hydrogens (tertiary/aromatic N) is 1. The van der Waals surface area contributed by atoms with Crippen LogP contribution in [0.25, 0.3) is 0 Å². The van der Waals surface area contributed by atoms with Crippen molar-refractivity contribution in [2.75, 3.05) is 13.1 Å². The molecule has 0 aliphatic carbocycles. The Bertz CT molecular complexity index is 240. The van der Waals surface area contributed by atoms with E-state index in [0.29, 0.717) is 13.1 Å². The summed E-state index contributed by atoms with van der Waals surface area (Å²) < 4.78 is 0. The van der Waals surface area contributed by atoms with Crippen LogP contribution in [0, 0.1) is 5.92 Å². The number of nitrogens with two attached hydrogens (primary N) is 1. The molecule has 3 N–H and O–H groups in total. The number of carbonyl (C=O) groups is 2. The highest BCUT2D eigenvalue weighted by atomic mass is 16.2. The number of carbonyl (C=O) groups excluding carboxylic acids is 2. The van der Waals surface area contributed by atoms with E-state index in [-0.39, 0.29) is 24.2 Å². The molecule has 1 atom stereocenters. The van der Waals surface area contributed by atoms with Gasteiger partial charge >= 0.3 is 0 Å². The number of hydrazine groups is 1. The molecule has 1 rings (SSSR count). The molecule has 0 aromatic heterocycles. The van der Waals surface area contributed by atoms with Crippen LogP contribution in [0.3, 0.4) is 0 Å². The number of rotatable bonds is 3. The summed E-state index contributed by atoms with van der Waals surface area (Å²) in [5.74, 6) is 4.36. The molecule has 0 aromatic carbocycles. The fourth-order valence-electron chi connectivity index (χ4n) is 1.40. The van der Waals surface area contributed by atoms with Crippen LogP contribution in [-0.4, -0.2) is 29.8 Å². The normalized spacial score (nSPS) is 21.8. The van der Waals surface area contributed by atoms with E-state index in [1.54, 1.807) is 11.0 Å². The largest absolute Gasteiger partial charge is 0.338 e. The van der Waals surface area contributed by atoms with Crippen LogP contribution in [0.5, 0.6) is 0 Å². The lowest BCUT2D eigenvalue weighted by molar-refractivity contribution is -0.128. The molecule has 1 heterocycles. The second-order valence-electron chi connectivity index (χ2n) is 3.00. The van der Waals surface area contributed by atoms with Gasteiger partial charge in [-0.2, -0.15) is 0 Å². The van der Waals surface area contributed by atoms with Crippen LogP contribution >= 0.6 is 0 Å². The molecule has 1 aliphatic heterocycles. The summed E-state index contributed by atoms with van der Waals surface area (Å²) in [6.45, 7) is 4.46. The van der Waals surface area contributed by atoms with Gasteiger partial charge in [0, 0.05) is 19.5 Å². The fraction of sp³-hybridized carbons (Fsp3) is 0.500. The predicted molar refractivity (Wildman–Crippen MR) is 47.2 cm³/mol. The van der Waals surface area contributed by atoms with Crippen molar-refractivity contribution >= 4 is 11.8 Å². The van der Waals surface area contributed by atoms with Crippen LogP contribution in [0.2, 0.25) is 0 Å². The SMILES string of the molecule is C=CCN1C[C@@H](C(=O)NN)CC1=O. The summed E-state index contributed by atoms with van der Waals surface area (Å²) in [7, 11) is 0. The molecule has 72 valence electrons. The van der Waals surface area contributed by atoms with E-state index in [1.165, 1.54) is 0 Å². The maximum atomic E-state index is 11.3. The first-order valence-corrected chi connectivity index (χ1v) is 4.08. The van der Waals surface area contributed by atoms with Gasteiger partial charge < -0.3 is 4.90 Å². The summed E-state index contributed by atoms with van der Waals surface area (Å²) >= 11 is 0. The minimum absolute atomic E-state index is 0.0199. The van der Waals surface area contributed by atoms with Gasteiger partial charge in [0.2, 0.25) is 11.8 Å². The highest BCUT2D eigenvalue weighted by Gasteiger charge is 2.32. The molecule has 13 heavy (non-hydrogen) atoms. The lowest BCUT2D eigenvalue weighted by atomic mass is 10.1. The molecular weight excluding hydrogens is 170 g/mol. The molecule has 0 bridgehead atoms. The van der Waals surface area contributed by atoms with Gasteiger partial charge in [0.05, 0.1) is 5.92 Å². The molecule has 5 nitrogen and oxygen atoms in total. The van der Waals surface area contributed by atoms with Gasteiger partial charge in [0.15, 0.2) is 0 Å². The first-order chi connectivity index (χ1) is 6.19. The summed E-state index contributed by atoms with van der Waals surface area (Å²) in [5.41, 5.74) is 2.05. The number of amides is 2. The first-order valence-electron chi connectivity index (χ1n) is 4.08. The molecule has 0 radical (unpaired) electrons. The van der Waals surface area contributed by atoms with Gasteiger partial charge in [-0.15, -0.1) is 6.58 Å². The summed E-state index contributed by atoms with van der Waals surface area (Å²) in [4.78, 5) is 23.9. The van der Waals surface area contributed by atoms with Gasteiger partial charge in [-0.25, -0.2) is 5.84 Å². The quantitative estimate of drug-likeness (QED) is 0.255. The second kappa shape index (κ2) is 4.04. The molecule has 2 amide bonds. The Morgan fingerprint density at radius 1 is 1.85 bits per heavy atom. The topological polar surface area (TPSA) is 75.4 Å². The molecule has 1 fully saturated rings. The second-order valence-corrected chi connectivity index (χ2v) is 3.00. The number of nitrogens with one attached hydrogen (secondary N) is 1. The Morgan fingerprint density at radius 2 is 2.54 bits per heavy atom. The highest BCUT2D eigenvalue weighted by molar-refractivity contribution is 5.89. The van der Waals surface area contributed by atoms with Crippen LogP contribution < -0.4 is 11.3 Å². The van der Waals surface area contributed by atoms with Crippen molar-refractivity contribution in [3.05, 3.63) is 12.7 Å². The third kappa shape index (κ3) is 2.06. The first kappa shape index (κ1) is 9.73. The van der Waals surface area contributed by atoms with E-state index in [2.05, 4.69) is 6.58 Å². The van der Waals surface area contributed by atoms with E-state index in [4.69, 9.17) is 5.84 Å². The van der Waals surface area contributed by atoms with Gasteiger partial charge in [0.25, 0.3) is 0 Å². The standard InChI is InChI=1S/C8H13N3O2/c1-2-3-11-5-6(4-7(11)12)8(13)10-9/h2,6H,1,3-5,9H2,(H,10,13)/t6-/m0/s1. The zero-order chi connectivity index (χ0) is 9.84. The zero-order valence-electron chi connectivity index (χ0n) is 7.32. The Morgan fingerprint density at radius 3 is 3.08 bits per heavy atom. The summed E-state index contributed by atoms with van der Waals surface area (Å²) in [5, 5.41) is 0. The average Bonchev–Trinajstić information content (AvgIpc) is 2.47. The van der Waals surface area contributed by atoms with Crippen molar-refractivity contribution in [1.82, 2.24) is 10.3 Å². The number of hydrogen-bond donors (Lipinski definition) is 2. The number of hydrogen-bond acceptors (Lipinski definition) is 3. The van der Waals surface area contributed by atoms with Crippen molar-refractivity contribution < 1.29 is 9.59 Å². The Hall–Kier alpha value is -1.36. The van der Waals surface area contributed by atoms with Gasteiger partial charge in [-0.1, -0.05) is 6.08 Å². The van der Waals surface area contributed by atoms with E-state index < -0.39 is 0 Å². The molecule has 0 spiro atoms. The lowest BCUT2D eigenvalue weighted by Crippen LogP contribution is -2.37. The Labute approximate surface area is 76.5 Å². The van der Waals surface area contributed by atoms with Crippen LogP contribution in [0.4, 0.5) is 0 Å². The minimum atomic E-state index is -0.308. The van der Waals surface area contributed by atoms with Crippen LogP contribution in [0.15, 0.2) is 12.7 Å². The van der Waals surface area contributed by atoms with Crippen LogP contribution in [0.1, 0.15) is 6.42 Å². The maximum absolute atomic E-state index is 11.3. The Balaban J connectivity index is 2.54. The van der Waals surface area contributed by atoms with E-state index >= 15 is 0 Å². The smallest absolute Gasteiger partial charge is 0.239 e. The third-order valence-corrected chi connectivity index (χ3v) is 2.08. The number of likely N-dealkylation sites (tertiary alicyclic amines) is 1. The molecule has 0 unspecified atom stereocenters. The fourth-order valence-corrected chi connectivity index (χ4v) is 1.40. The van der Waals surface area contributed by atoms with E-state index in [9.17, 15) is 9.59 Å². The predicted octanol–water partition coefficient (Wildman–Crippen LogP) is -0.989. The highest BCUT2D eigenvalue weighted by Crippen LogP contribution is 2.17. The van der Waals surface area contributed by atoms with Crippen molar-refractivity contribution in [2.45, 2.75) is 6.42 Å². The lowest BCUT2D eigenvalue weighted by Gasteiger charge is -2.12. The summed E-state index contributed by atoms with van der Waals surface area (Å²) in [6.07, 6.45) is 1.89. The van der Waals surface area contributed by atoms with Gasteiger partial charge in [-0.05, 0) is 0 Å². The van der Waals surface area contributed by atoms with Crippen molar-refractivity contribution in [2.24, 2.45) is 11.8 Å². The molecule has 1 saturated heterocycles. The Kier molecular flexibility index (Phi) is 3.02. The molecular formula is C8H13N3O2. The molecule has 0 aromatic rings. The zero-order valence-corrected chi connectivity index (χ0v) is 7.32. The molecule has 5 heteroatoms. The van der Waals surface area contributed by atoms with Crippen molar-refractivity contribution in [3.8, 4) is 0 Å². The average molecular weight is 183 g/mol. The van der Waals surface area contributed by atoms with E-state index in [0.717, 1.165) is 0 Å².